The van der Waals surface area contributed by atoms with Crippen LogP contribution in [0.3, 0.4) is 0 Å². The Morgan fingerprint density at radius 2 is 1.55 bits per heavy atom. The quantitative estimate of drug-likeness (QED) is 0.821. The van der Waals surface area contributed by atoms with E-state index in [9.17, 15) is 13.6 Å². The Morgan fingerprint density at radius 3 is 2.18 bits per heavy atom. The van der Waals surface area contributed by atoms with Crippen molar-refractivity contribution in [1.29, 1.82) is 0 Å². The number of benzene rings is 2. The maximum absolute atomic E-state index is 13.0. The molecule has 1 aliphatic heterocycles. The molecule has 2 aromatic carbocycles. The van der Waals surface area contributed by atoms with E-state index in [1.54, 1.807) is 17.0 Å². The summed E-state index contributed by atoms with van der Waals surface area (Å²) in [4.78, 5) is 14.3. The highest BCUT2D eigenvalue weighted by Crippen LogP contribution is 2.27. The molecule has 0 radical (unpaired) electrons. The van der Waals surface area contributed by atoms with Crippen LogP contribution in [-0.2, 0) is 0 Å². The number of hydrogen-bond acceptors (Lipinski definition) is 1. The van der Waals surface area contributed by atoms with Gasteiger partial charge in [0.15, 0.2) is 0 Å². The third kappa shape index (κ3) is 3.16. The lowest BCUT2D eigenvalue weighted by atomic mass is 9.90. The van der Waals surface area contributed by atoms with Crippen LogP contribution >= 0.6 is 0 Å². The largest absolute Gasteiger partial charge is 0.338 e. The minimum atomic E-state index is -0.348. The maximum atomic E-state index is 13.0. The zero-order valence-electron chi connectivity index (χ0n) is 12.1. The van der Waals surface area contributed by atoms with Gasteiger partial charge in [0.2, 0.25) is 0 Å². The van der Waals surface area contributed by atoms with Gasteiger partial charge >= 0.3 is 0 Å². The molecule has 2 nitrogen and oxygen atoms in total. The molecule has 1 aliphatic rings. The topological polar surface area (TPSA) is 20.3 Å². The van der Waals surface area contributed by atoms with Gasteiger partial charge in [-0.25, -0.2) is 8.78 Å². The highest BCUT2D eigenvalue weighted by Gasteiger charge is 2.25. The average molecular weight is 301 g/mol. The molecule has 22 heavy (non-hydrogen) atoms. The molecule has 1 amide bonds. The Balaban J connectivity index is 1.73. The predicted octanol–water partition coefficient (Wildman–Crippen LogP) is 3.98. The normalized spacial score (nSPS) is 18.3. The second kappa shape index (κ2) is 6.26. The van der Waals surface area contributed by atoms with E-state index in [0.29, 0.717) is 18.7 Å². The second-order valence-electron chi connectivity index (χ2n) is 5.65. The van der Waals surface area contributed by atoms with E-state index >= 15 is 0 Å². The fourth-order valence-electron chi connectivity index (χ4n) is 2.94. The van der Waals surface area contributed by atoms with Crippen molar-refractivity contribution >= 4 is 5.91 Å². The molecule has 114 valence electrons. The minimum Gasteiger partial charge on any atom is -0.338 e. The summed E-state index contributed by atoms with van der Waals surface area (Å²) in [5, 5.41) is 0. The van der Waals surface area contributed by atoms with Crippen molar-refractivity contribution in [3.63, 3.8) is 0 Å². The second-order valence-corrected chi connectivity index (χ2v) is 5.65. The molecule has 2 aromatic rings. The number of halogens is 2. The van der Waals surface area contributed by atoms with E-state index < -0.39 is 0 Å². The van der Waals surface area contributed by atoms with Gasteiger partial charge < -0.3 is 4.90 Å². The third-order valence-corrected chi connectivity index (χ3v) is 4.14. The predicted molar refractivity (Wildman–Crippen MR) is 80.7 cm³/mol. The summed E-state index contributed by atoms with van der Waals surface area (Å²) in [5.74, 6) is -0.455. The van der Waals surface area contributed by atoms with E-state index in [1.165, 1.54) is 36.4 Å². The number of likely N-dealkylation sites (tertiary alicyclic amines) is 1. The first-order valence-electron chi connectivity index (χ1n) is 7.44. The number of rotatable bonds is 2. The molecule has 0 N–H and O–H groups in total. The summed E-state index contributed by atoms with van der Waals surface area (Å²) >= 11 is 0. The average Bonchev–Trinajstić information content (AvgIpc) is 2.56. The van der Waals surface area contributed by atoms with Crippen molar-refractivity contribution in [3.8, 4) is 0 Å². The number of carbonyl (C=O) groups excluding carboxylic acids is 1. The van der Waals surface area contributed by atoms with E-state index in [4.69, 9.17) is 0 Å². The third-order valence-electron chi connectivity index (χ3n) is 4.14. The highest BCUT2D eigenvalue weighted by atomic mass is 19.1. The van der Waals surface area contributed by atoms with E-state index in [-0.39, 0.29) is 23.5 Å². The van der Waals surface area contributed by atoms with Gasteiger partial charge in [0.1, 0.15) is 11.6 Å². The fourth-order valence-corrected chi connectivity index (χ4v) is 2.94. The van der Waals surface area contributed by atoms with Gasteiger partial charge in [0, 0.05) is 24.6 Å². The van der Waals surface area contributed by atoms with Crippen molar-refractivity contribution in [1.82, 2.24) is 4.90 Å². The van der Waals surface area contributed by atoms with Gasteiger partial charge in [0.25, 0.3) is 5.91 Å². The molecule has 0 saturated carbocycles. The first-order chi connectivity index (χ1) is 10.6. The van der Waals surface area contributed by atoms with Gasteiger partial charge in [0.05, 0.1) is 0 Å². The fraction of sp³-hybridized carbons (Fsp3) is 0.278. The van der Waals surface area contributed by atoms with Gasteiger partial charge in [-0.3, -0.25) is 4.79 Å². The smallest absolute Gasteiger partial charge is 0.253 e. The van der Waals surface area contributed by atoms with Crippen LogP contribution in [0.5, 0.6) is 0 Å². The van der Waals surface area contributed by atoms with Gasteiger partial charge in [-0.2, -0.15) is 0 Å². The summed E-state index contributed by atoms with van der Waals surface area (Å²) < 4.78 is 26.0. The number of hydrogen-bond donors (Lipinski definition) is 0. The Morgan fingerprint density at radius 1 is 0.955 bits per heavy atom. The molecule has 0 spiro atoms. The molecule has 0 bridgehead atoms. The van der Waals surface area contributed by atoms with Crippen LogP contribution < -0.4 is 0 Å². The molecule has 1 unspecified atom stereocenters. The van der Waals surface area contributed by atoms with Crippen molar-refractivity contribution in [3.05, 3.63) is 71.3 Å². The van der Waals surface area contributed by atoms with E-state index in [0.717, 1.165) is 18.4 Å². The molecule has 1 atom stereocenters. The number of amides is 1. The summed E-state index contributed by atoms with van der Waals surface area (Å²) in [6, 6.07) is 12.1. The number of piperidine rings is 1. The Labute approximate surface area is 128 Å². The standard InChI is InChI=1S/C18H17F2NO/c19-16-7-3-13(4-8-16)15-2-1-11-21(12-15)18(22)14-5-9-17(20)10-6-14/h3-10,15H,1-2,11-12H2. The summed E-state index contributed by atoms with van der Waals surface area (Å²) in [7, 11) is 0. The Kier molecular flexibility index (Phi) is 4.18. The molecule has 0 aliphatic carbocycles. The molecule has 4 heteroatoms. The van der Waals surface area contributed by atoms with Crippen molar-refractivity contribution in [2.24, 2.45) is 0 Å². The summed E-state index contributed by atoms with van der Waals surface area (Å²) in [5.41, 5.74) is 1.55. The zero-order valence-corrected chi connectivity index (χ0v) is 12.1. The van der Waals surface area contributed by atoms with Crippen LogP contribution in [0.4, 0.5) is 8.78 Å². The molecule has 3 rings (SSSR count). The monoisotopic (exact) mass is 301 g/mol. The van der Waals surface area contributed by atoms with Crippen LogP contribution in [0.2, 0.25) is 0 Å². The van der Waals surface area contributed by atoms with Crippen molar-refractivity contribution < 1.29 is 13.6 Å². The molecular weight excluding hydrogens is 284 g/mol. The van der Waals surface area contributed by atoms with Gasteiger partial charge in [-0.15, -0.1) is 0 Å². The van der Waals surface area contributed by atoms with Crippen LogP contribution in [0, 0.1) is 11.6 Å². The lowest BCUT2D eigenvalue weighted by Crippen LogP contribution is -2.39. The Hall–Kier alpha value is -2.23. The molecule has 1 heterocycles. The maximum Gasteiger partial charge on any atom is 0.253 e. The summed E-state index contributed by atoms with van der Waals surface area (Å²) in [6.45, 7) is 1.32. The lowest BCUT2D eigenvalue weighted by Gasteiger charge is -2.33. The van der Waals surface area contributed by atoms with Crippen LogP contribution in [0.15, 0.2) is 48.5 Å². The Bertz CT molecular complexity index is 652. The van der Waals surface area contributed by atoms with Crippen molar-refractivity contribution in [2.45, 2.75) is 18.8 Å². The van der Waals surface area contributed by atoms with Gasteiger partial charge in [-0.1, -0.05) is 12.1 Å². The molecule has 1 fully saturated rings. The van der Waals surface area contributed by atoms with E-state index in [1.807, 2.05) is 0 Å². The molecular formula is C18H17F2NO. The van der Waals surface area contributed by atoms with Gasteiger partial charge in [-0.05, 0) is 54.8 Å². The SMILES string of the molecule is O=C(c1ccc(F)cc1)N1CCCC(c2ccc(F)cc2)C1. The molecule has 0 aromatic heterocycles. The van der Waals surface area contributed by atoms with Crippen LogP contribution in [-0.4, -0.2) is 23.9 Å². The van der Waals surface area contributed by atoms with E-state index in [2.05, 4.69) is 0 Å². The molecule has 1 saturated heterocycles. The zero-order chi connectivity index (χ0) is 15.5. The number of nitrogens with zero attached hydrogens (tertiary/aromatic N) is 1. The first kappa shape index (κ1) is 14.7. The first-order valence-corrected chi connectivity index (χ1v) is 7.44. The van der Waals surface area contributed by atoms with Crippen LogP contribution in [0.25, 0.3) is 0 Å². The number of carbonyl (C=O) groups is 1. The summed E-state index contributed by atoms with van der Waals surface area (Å²) in [6.07, 6.45) is 1.90. The van der Waals surface area contributed by atoms with Crippen molar-refractivity contribution in [2.75, 3.05) is 13.1 Å². The highest BCUT2D eigenvalue weighted by molar-refractivity contribution is 5.94. The minimum absolute atomic E-state index is 0.0770. The lowest BCUT2D eigenvalue weighted by molar-refractivity contribution is 0.0707. The van der Waals surface area contributed by atoms with Crippen LogP contribution in [0.1, 0.15) is 34.7 Å².